The second kappa shape index (κ2) is 6.69. The van der Waals surface area contributed by atoms with Crippen molar-refractivity contribution in [3.63, 3.8) is 0 Å². The molecule has 0 saturated carbocycles. The Bertz CT molecular complexity index is 531. The number of hydrazone groups is 1. The number of benzene rings is 1. The van der Waals surface area contributed by atoms with Crippen LogP contribution >= 0.6 is 11.6 Å². The van der Waals surface area contributed by atoms with Gasteiger partial charge in [-0.15, -0.1) is 0 Å². The first-order valence-corrected chi connectivity index (χ1v) is 5.61. The Labute approximate surface area is 114 Å². The van der Waals surface area contributed by atoms with Crippen LogP contribution in [-0.4, -0.2) is 23.7 Å². The van der Waals surface area contributed by atoms with Gasteiger partial charge in [0.2, 0.25) is 0 Å². The van der Waals surface area contributed by atoms with Crippen LogP contribution in [-0.2, 0) is 9.53 Å². The van der Waals surface area contributed by atoms with Crippen molar-refractivity contribution in [2.75, 3.05) is 12.5 Å². The molecule has 0 radical (unpaired) electrons. The lowest BCUT2D eigenvalue weighted by Crippen LogP contribution is -2.08. The van der Waals surface area contributed by atoms with E-state index in [1.165, 1.54) is 25.3 Å². The molecule has 0 fully saturated rings. The summed E-state index contributed by atoms with van der Waals surface area (Å²) in [5, 5.41) is 15.0. The van der Waals surface area contributed by atoms with E-state index in [0.717, 1.165) is 0 Å². The Morgan fingerprint density at radius 2 is 2.26 bits per heavy atom. The summed E-state index contributed by atoms with van der Waals surface area (Å²) in [6.45, 7) is 1.60. The molecule has 0 aromatic heterocycles. The molecule has 1 aromatic carbocycles. The molecule has 0 saturated heterocycles. The predicted octanol–water partition coefficient (Wildman–Crippen LogP) is 2.60. The number of methoxy groups -OCH3 is 1. The summed E-state index contributed by atoms with van der Waals surface area (Å²) >= 11 is 5.68. The zero-order valence-corrected chi connectivity index (χ0v) is 11.1. The molecule has 1 N–H and O–H groups in total. The molecule has 1 rings (SSSR count). The van der Waals surface area contributed by atoms with Gasteiger partial charge in [-0.3, -0.25) is 20.3 Å². The summed E-state index contributed by atoms with van der Waals surface area (Å²) in [5.41, 5.74) is 2.97. The summed E-state index contributed by atoms with van der Waals surface area (Å²) in [7, 11) is 1.27. The molecule has 7 nitrogen and oxygen atoms in total. The van der Waals surface area contributed by atoms with Crippen molar-refractivity contribution in [2.45, 2.75) is 13.3 Å². The summed E-state index contributed by atoms with van der Waals surface area (Å²) in [6.07, 6.45) is 0.00485. The highest BCUT2D eigenvalue weighted by Gasteiger charge is 2.14. The summed E-state index contributed by atoms with van der Waals surface area (Å²) < 4.78 is 4.48. The zero-order chi connectivity index (χ0) is 14.4. The van der Waals surface area contributed by atoms with Gasteiger partial charge < -0.3 is 4.74 Å². The van der Waals surface area contributed by atoms with Gasteiger partial charge in [-0.05, 0) is 19.1 Å². The van der Waals surface area contributed by atoms with E-state index < -0.39 is 10.9 Å². The van der Waals surface area contributed by atoms with E-state index in [9.17, 15) is 14.9 Å². The van der Waals surface area contributed by atoms with Gasteiger partial charge in [0.1, 0.15) is 5.69 Å². The van der Waals surface area contributed by atoms with Crippen molar-refractivity contribution in [3.05, 3.63) is 33.3 Å². The molecule has 102 valence electrons. The fraction of sp³-hybridized carbons (Fsp3) is 0.273. The third-order valence-corrected chi connectivity index (χ3v) is 2.39. The first-order valence-electron chi connectivity index (χ1n) is 5.24. The molecule has 8 heteroatoms. The van der Waals surface area contributed by atoms with Gasteiger partial charge in [-0.2, -0.15) is 5.10 Å². The molecular weight excluding hydrogens is 274 g/mol. The van der Waals surface area contributed by atoms with Gasteiger partial charge in [0.05, 0.1) is 18.5 Å². The smallest absolute Gasteiger partial charge is 0.311 e. The largest absolute Gasteiger partial charge is 0.469 e. The molecule has 0 aliphatic carbocycles. The second-order valence-corrected chi connectivity index (χ2v) is 4.07. The van der Waals surface area contributed by atoms with Gasteiger partial charge in [-0.25, -0.2) is 0 Å². The van der Waals surface area contributed by atoms with Gasteiger partial charge in [0, 0.05) is 16.8 Å². The molecule has 0 aliphatic heterocycles. The average molecular weight is 286 g/mol. The van der Waals surface area contributed by atoms with Crippen molar-refractivity contribution in [3.8, 4) is 0 Å². The molecule has 0 aliphatic rings. The highest BCUT2D eigenvalue weighted by atomic mass is 35.5. The second-order valence-electron chi connectivity index (χ2n) is 3.63. The number of hydrogen-bond donors (Lipinski definition) is 1. The van der Waals surface area contributed by atoms with Gasteiger partial charge in [0.15, 0.2) is 0 Å². The van der Waals surface area contributed by atoms with Crippen LogP contribution in [0.5, 0.6) is 0 Å². The topological polar surface area (TPSA) is 93.8 Å². The number of nitrogens with one attached hydrogen (secondary N) is 1. The van der Waals surface area contributed by atoms with Crippen LogP contribution in [0.25, 0.3) is 0 Å². The lowest BCUT2D eigenvalue weighted by atomic mass is 10.3. The van der Waals surface area contributed by atoms with Crippen LogP contribution in [0.1, 0.15) is 13.3 Å². The van der Waals surface area contributed by atoms with Crippen LogP contribution in [0.3, 0.4) is 0 Å². The van der Waals surface area contributed by atoms with Crippen molar-refractivity contribution >= 4 is 34.7 Å². The summed E-state index contributed by atoms with van der Waals surface area (Å²) in [4.78, 5) is 21.3. The van der Waals surface area contributed by atoms with E-state index >= 15 is 0 Å². The van der Waals surface area contributed by atoms with Crippen molar-refractivity contribution < 1.29 is 14.5 Å². The third-order valence-electron chi connectivity index (χ3n) is 2.15. The molecule has 0 unspecified atom stereocenters. The summed E-state index contributed by atoms with van der Waals surface area (Å²) in [6, 6.07) is 4.16. The van der Waals surface area contributed by atoms with Gasteiger partial charge >= 0.3 is 5.97 Å². The van der Waals surface area contributed by atoms with E-state index in [1.807, 2.05) is 0 Å². The maximum atomic E-state index is 11.0. The van der Waals surface area contributed by atoms with Crippen molar-refractivity contribution in [1.29, 1.82) is 0 Å². The van der Waals surface area contributed by atoms with Crippen molar-refractivity contribution in [1.82, 2.24) is 0 Å². The standard InChI is InChI=1S/C11H12ClN3O4/c1-7(5-11(16)19-2)13-14-9-4-3-8(12)6-10(9)15(17)18/h3-4,6,14H,5H2,1-2H3/b13-7-. The molecule has 19 heavy (non-hydrogen) atoms. The number of anilines is 1. The normalized spacial score (nSPS) is 11.0. The lowest BCUT2D eigenvalue weighted by molar-refractivity contribution is -0.383. The third kappa shape index (κ3) is 4.55. The van der Waals surface area contributed by atoms with Crippen LogP contribution < -0.4 is 5.43 Å². The molecule has 0 spiro atoms. The SMILES string of the molecule is COC(=O)C/C(C)=N\Nc1ccc(Cl)cc1[N+](=O)[O-]. The predicted molar refractivity (Wildman–Crippen MR) is 71.5 cm³/mol. The Hall–Kier alpha value is -2.15. The summed E-state index contributed by atoms with van der Waals surface area (Å²) in [5.74, 6) is -0.436. The van der Waals surface area contributed by atoms with Crippen LogP contribution in [0.4, 0.5) is 11.4 Å². The first-order chi connectivity index (χ1) is 8.93. The number of nitro groups is 1. The van der Waals surface area contributed by atoms with Crippen LogP contribution in [0.2, 0.25) is 5.02 Å². The van der Waals surface area contributed by atoms with Crippen LogP contribution in [0, 0.1) is 10.1 Å². The number of nitro benzene ring substituents is 1. The molecule has 0 bridgehead atoms. The molecule has 1 aromatic rings. The van der Waals surface area contributed by atoms with E-state index in [2.05, 4.69) is 15.3 Å². The molecule has 0 heterocycles. The molecule has 0 atom stereocenters. The Balaban J connectivity index is 2.85. The quantitative estimate of drug-likeness (QED) is 0.388. The number of rotatable bonds is 5. The molecular formula is C11H12ClN3O4. The first kappa shape index (κ1) is 14.9. The highest BCUT2D eigenvalue weighted by molar-refractivity contribution is 6.30. The van der Waals surface area contributed by atoms with Gasteiger partial charge in [0.25, 0.3) is 5.69 Å². The number of halogens is 1. The maximum absolute atomic E-state index is 11.0. The Morgan fingerprint density at radius 3 is 2.84 bits per heavy atom. The minimum absolute atomic E-state index is 0.00485. The van der Waals surface area contributed by atoms with Crippen molar-refractivity contribution in [2.24, 2.45) is 5.10 Å². The van der Waals surface area contributed by atoms with E-state index in [1.54, 1.807) is 6.92 Å². The number of carbonyl (C=O) groups is 1. The maximum Gasteiger partial charge on any atom is 0.311 e. The minimum atomic E-state index is -0.570. The number of esters is 1. The molecule has 0 amide bonds. The fourth-order valence-corrected chi connectivity index (χ4v) is 1.39. The monoisotopic (exact) mass is 285 g/mol. The minimum Gasteiger partial charge on any atom is -0.469 e. The number of carbonyl (C=O) groups excluding carboxylic acids is 1. The number of ether oxygens (including phenoxy) is 1. The number of nitrogens with zero attached hydrogens (tertiary/aromatic N) is 2. The zero-order valence-electron chi connectivity index (χ0n) is 10.3. The average Bonchev–Trinajstić information content (AvgIpc) is 2.36. The highest BCUT2D eigenvalue weighted by Crippen LogP contribution is 2.27. The van der Waals surface area contributed by atoms with E-state index in [4.69, 9.17) is 11.6 Å². The van der Waals surface area contributed by atoms with E-state index in [-0.39, 0.29) is 22.8 Å². The van der Waals surface area contributed by atoms with Crippen LogP contribution in [0.15, 0.2) is 23.3 Å². The Morgan fingerprint density at radius 1 is 1.58 bits per heavy atom. The fourth-order valence-electron chi connectivity index (χ4n) is 1.23. The number of hydrogen-bond acceptors (Lipinski definition) is 6. The van der Waals surface area contributed by atoms with Gasteiger partial charge in [-0.1, -0.05) is 11.6 Å². The Kier molecular flexibility index (Phi) is 5.25. The van der Waals surface area contributed by atoms with E-state index in [0.29, 0.717) is 5.71 Å². The lowest BCUT2D eigenvalue weighted by Gasteiger charge is -2.04.